The lowest BCUT2D eigenvalue weighted by atomic mass is 9.96. The zero-order valence-electron chi connectivity index (χ0n) is 16.3. The molecular formula is C22H21F2N3O2. The van der Waals surface area contributed by atoms with Crippen molar-refractivity contribution in [3.8, 4) is 11.1 Å². The van der Waals surface area contributed by atoms with E-state index in [0.717, 1.165) is 16.3 Å². The maximum Gasteiger partial charge on any atom is 0.231 e. The van der Waals surface area contributed by atoms with Gasteiger partial charge in [-0.2, -0.15) is 0 Å². The first-order chi connectivity index (χ1) is 13.6. The Morgan fingerprint density at radius 2 is 1.93 bits per heavy atom. The number of fused-ring (bicyclic) bond motifs is 1. The molecule has 2 N–H and O–H groups in total. The van der Waals surface area contributed by atoms with Crippen LogP contribution in [0.1, 0.15) is 31.5 Å². The summed E-state index contributed by atoms with van der Waals surface area (Å²) < 4.78 is 27.7. The lowest BCUT2D eigenvalue weighted by Crippen LogP contribution is -2.20. The topological polar surface area (TPSA) is 75.1 Å². The first-order valence-corrected chi connectivity index (χ1v) is 9.38. The molecular weight excluding hydrogens is 376 g/mol. The van der Waals surface area contributed by atoms with Gasteiger partial charge in [-0.3, -0.25) is 9.78 Å². The van der Waals surface area contributed by atoms with E-state index in [2.05, 4.69) is 15.3 Å². The van der Waals surface area contributed by atoms with Crippen LogP contribution in [-0.2, 0) is 10.4 Å². The number of hydrogen-bond donors (Lipinski definition) is 2. The van der Waals surface area contributed by atoms with Crippen molar-refractivity contribution in [3.05, 3.63) is 53.7 Å². The van der Waals surface area contributed by atoms with Crippen molar-refractivity contribution in [2.75, 3.05) is 5.32 Å². The van der Waals surface area contributed by atoms with Crippen molar-refractivity contribution in [2.45, 2.75) is 39.0 Å². The highest BCUT2D eigenvalue weighted by Gasteiger charge is 2.43. The van der Waals surface area contributed by atoms with Crippen LogP contribution in [0.5, 0.6) is 0 Å². The van der Waals surface area contributed by atoms with Gasteiger partial charge in [-0.1, -0.05) is 12.1 Å². The van der Waals surface area contributed by atoms with Gasteiger partial charge in [-0.25, -0.2) is 13.8 Å². The third-order valence-corrected chi connectivity index (χ3v) is 5.18. The minimum Gasteiger partial charge on any atom is -0.384 e. The average Bonchev–Trinajstić information content (AvgIpc) is 3.39. The smallest absolute Gasteiger partial charge is 0.231 e. The number of aromatic nitrogens is 2. The second kappa shape index (κ2) is 6.84. The predicted octanol–water partition coefficient (Wildman–Crippen LogP) is 4.27. The molecule has 7 heteroatoms. The SMILES string of the molecule is Cc1c(-c2ccc3cc(NC(=O)[C@@H]4C[C@@H]4F)ncc3c2)cnc(C(C)(C)O)c1F. The summed E-state index contributed by atoms with van der Waals surface area (Å²) in [4.78, 5) is 20.2. The van der Waals surface area contributed by atoms with Crippen molar-refractivity contribution in [1.82, 2.24) is 9.97 Å². The van der Waals surface area contributed by atoms with Crippen molar-refractivity contribution >= 4 is 22.5 Å². The van der Waals surface area contributed by atoms with Gasteiger partial charge in [0.2, 0.25) is 5.91 Å². The minimum atomic E-state index is -1.37. The van der Waals surface area contributed by atoms with Gasteiger partial charge in [0.05, 0.1) is 5.92 Å². The Bertz CT molecular complexity index is 1120. The van der Waals surface area contributed by atoms with Crippen molar-refractivity contribution in [1.29, 1.82) is 0 Å². The number of anilines is 1. The fourth-order valence-electron chi connectivity index (χ4n) is 3.33. The fourth-order valence-corrected chi connectivity index (χ4v) is 3.33. The molecule has 1 fully saturated rings. The molecule has 2 heterocycles. The Morgan fingerprint density at radius 3 is 2.59 bits per heavy atom. The van der Waals surface area contributed by atoms with Crippen molar-refractivity contribution in [3.63, 3.8) is 0 Å². The Morgan fingerprint density at radius 1 is 1.21 bits per heavy atom. The predicted molar refractivity (Wildman–Crippen MR) is 107 cm³/mol. The number of hydrogen-bond acceptors (Lipinski definition) is 4. The molecule has 0 spiro atoms. The van der Waals surface area contributed by atoms with E-state index in [1.54, 1.807) is 25.4 Å². The van der Waals surface area contributed by atoms with E-state index in [-0.39, 0.29) is 18.0 Å². The Balaban J connectivity index is 1.65. The quantitative estimate of drug-likeness (QED) is 0.690. The number of halogens is 2. The summed E-state index contributed by atoms with van der Waals surface area (Å²) in [6, 6.07) is 7.26. The second-order valence-corrected chi connectivity index (χ2v) is 8.00. The summed E-state index contributed by atoms with van der Waals surface area (Å²) in [5, 5.41) is 14.4. The normalized spacial score (nSPS) is 18.7. The molecule has 4 rings (SSSR count). The Hall–Kier alpha value is -2.93. The Kier molecular flexibility index (Phi) is 4.58. The summed E-state index contributed by atoms with van der Waals surface area (Å²) in [5.41, 5.74) is 0.425. The zero-order valence-corrected chi connectivity index (χ0v) is 16.3. The third kappa shape index (κ3) is 3.70. The van der Waals surface area contributed by atoms with E-state index in [0.29, 0.717) is 16.9 Å². The van der Waals surface area contributed by atoms with Crippen LogP contribution in [-0.4, -0.2) is 27.2 Å². The van der Waals surface area contributed by atoms with E-state index < -0.39 is 23.5 Å². The number of rotatable bonds is 4. The molecule has 0 unspecified atom stereocenters. The lowest BCUT2D eigenvalue weighted by Gasteiger charge is -2.19. The molecule has 1 amide bonds. The summed E-state index contributed by atoms with van der Waals surface area (Å²) >= 11 is 0. The molecule has 2 atom stereocenters. The molecule has 1 aromatic carbocycles. The largest absolute Gasteiger partial charge is 0.384 e. The van der Waals surface area contributed by atoms with Gasteiger partial charge in [-0.05, 0) is 55.8 Å². The average molecular weight is 397 g/mol. The molecule has 1 aliphatic carbocycles. The number of nitrogens with zero attached hydrogens (tertiary/aromatic N) is 2. The molecule has 29 heavy (non-hydrogen) atoms. The summed E-state index contributed by atoms with van der Waals surface area (Å²) in [5.74, 6) is -1.09. The van der Waals surface area contributed by atoms with E-state index in [1.165, 1.54) is 13.8 Å². The first kappa shape index (κ1) is 19.4. The van der Waals surface area contributed by atoms with Crippen LogP contribution in [0.3, 0.4) is 0 Å². The van der Waals surface area contributed by atoms with Gasteiger partial charge in [-0.15, -0.1) is 0 Å². The van der Waals surface area contributed by atoms with Gasteiger partial charge >= 0.3 is 0 Å². The van der Waals surface area contributed by atoms with Crippen molar-refractivity contribution in [2.24, 2.45) is 5.92 Å². The standard InChI is InChI=1S/C22H21F2N3O2/c1-11-16(10-26-20(19(11)24)22(2,3)29)13-5-4-12-7-18(25-9-14(12)6-13)27-21(28)15-8-17(15)23/h4-7,9-10,15,17,29H,8H2,1-3H3,(H,25,27,28)/t15-,17+/m1/s1. The maximum absolute atomic E-state index is 14.7. The van der Waals surface area contributed by atoms with E-state index >= 15 is 0 Å². The molecule has 3 aromatic rings. The Labute approximate surface area is 166 Å². The minimum absolute atomic E-state index is 0.00719. The van der Waals surface area contributed by atoms with Gasteiger partial charge in [0.1, 0.15) is 23.3 Å². The molecule has 0 bridgehead atoms. The molecule has 150 valence electrons. The highest BCUT2D eigenvalue weighted by Crippen LogP contribution is 2.35. The molecule has 0 saturated heterocycles. The molecule has 1 aliphatic rings. The highest BCUT2D eigenvalue weighted by molar-refractivity contribution is 5.96. The van der Waals surface area contributed by atoms with E-state index in [4.69, 9.17) is 0 Å². The number of alkyl halides is 1. The van der Waals surface area contributed by atoms with Crippen molar-refractivity contribution < 1.29 is 18.7 Å². The van der Waals surface area contributed by atoms with Crippen LogP contribution in [0.4, 0.5) is 14.6 Å². The van der Waals surface area contributed by atoms with Gasteiger partial charge in [0, 0.05) is 23.3 Å². The third-order valence-electron chi connectivity index (χ3n) is 5.18. The van der Waals surface area contributed by atoms with E-state index in [9.17, 15) is 18.7 Å². The molecule has 5 nitrogen and oxygen atoms in total. The monoisotopic (exact) mass is 397 g/mol. The molecule has 0 aliphatic heterocycles. The lowest BCUT2D eigenvalue weighted by molar-refractivity contribution is -0.117. The maximum atomic E-state index is 14.7. The van der Waals surface area contributed by atoms with Gasteiger partial charge < -0.3 is 10.4 Å². The highest BCUT2D eigenvalue weighted by atomic mass is 19.1. The van der Waals surface area contributed by atoms with Crippen LogP contribution < -0.4 is 5.32 Å². The fraction of sp³-hybridized carbons (Fsp3) is 0.318. The summed E-state index contributed by atoms with van der Waals surface area (Å²) in [6.45, 7) is 4.64. The number of aliphatic hydroxyl groups is 1. The number of pyridine rings is 2. The molecule has 2 aromatic heterocycles. The van der Waals surface area contributed by atoms with E-state index in [1.807, 2.05) is 18.2 Å². The van der Waals surface area contributed by atoms with Crippen LogP contribution in [0.2, 0.25) is 0 Å². The van der Waals surface area contributed by atoms with Crippen LogP contribution in [0.15, 0.2) is 36.7 Å². The number of nitrogens with one attached hydrogen (secondary N) is 1. The number of carbonyl (C=O) groups is 1. The van der Waals surface area contributed by atoms with Gasteiger partial charge in [0.15, 0.2) is 5.82 Å². The van der Waals surface area contributed by atoms with Gasteiger partial charge in [0.25, 0.3) is 0 Å². The van der Waals surface area contributed by atoms with Crippen LogP contribution in [0, 0.1) is 18.7 Å². The second-order valence-electron chi connectivity index (χ2n) is 8.00. The summed E-state index contributed by atoms with van der Waals surface area (Å²) in [6.07, 6.45) is 2.37. The first-order valence-electron chi connectivity index (χ1n) is 9.38. The number of amides is 1. The molecule has 1 saturated carbocycles. The number of benzene rings is 1. The van der Waals surface area contributed by atoms with Crippen LogP contribution in [0.25, 0.3) is 21.9 Å². The van der Waals surface area contributed by atoms with Crippen LogP contribution >= 0.6 is 0 Å². The zero-order chi connectivity index (χ0) is 20.9. The summed E-state index contributed by atoms with van der Waals surface area (Å²) in [7, 11) is 0. The molecule has 0 radical (unpaired) electrons. The number of carbonyl (C=O) groups excluding carboxylic acids is 1.